The van der Waals surface area contributed by atoms with Gasteiger partial charge in [-0.05, 0) is 39.2 Å². The lowest BCUT2D eigenvalue weighted by Gasteiger charge is -2.33. The smallest absolute Gasteiger partial charge is 0.279 e. The van der Waals surface area contributed by atoms with Crippen LogP contribution in [0.5, 0.6) is 0 Å². The Balaban J connectivity index is 1.74. The molecular weight excluding hydrogens is 262 g/mol. The van der Waals surface area contributed by atoms with Gasteiger partial charge >= 0.3 is 0 Å². The summed E-state index contributed by atoms with van der Waals surface area (Å²) in [4.78, 5) is 2.39. The van der Waals surface area contributed by atoms with E-state index in [4.69, 9.17) is 0 Å². The summed E-state index contributed by atoms with van der Waals surface area (Å²) in [5.41, 5.74) is 0. The Hall–Kier alpha value is -0.170. The number of nitrogens with one attached hydrogen (secondary N) is 1. The van der Waals surface area contributed by atoms with Crippen molar-refractivity contribution in [3.05, 3.63) is 0 Å². The zero-order valence-corrected chi connectivity index (χ0v) is 12.8. The lowest BCUT2D eigenvalue weighted by atomic mass is 10.0. The van der Waals surface area contributed by atoms with E-state index in [1.807, 2.05) is 0 Å². The normalized spacial score (nSPS) is 27.5. The third kappa shape index (κ3) is 4.41. The van der Waals surface area contributed by atoms with Crippen molar-refractivity contribution >= 4 is 10.2 Å². The molecule has 112 valence electrons. The van der Waals surface area contributed by atoms with Crippen LogP contribution in [0, 0.1) is 0 Å². The monoisotopic (exact) mass is 289 g/mol. The minimum atomic E-state index is -3.24. The van der Waals surface area contributed by atoms with Crippen LogP contribution in [0.15, 0.2) is 0 Å². The van der Waals surface area contributed by atoms with Crippen molar-refractivity contribution in [2.75, 3.05) is 32.7 Å². The van der Waals surface area contributed by atoms with Gasteiger partial charge in [0, 0.05) is 32.2 Å². The highest BCUT2D eigenvalue weighted by molar-refractivity contribution is 7.87. The van der Waals surface area contributed by atoms with Crippen molar-refractivity contribution in [3.8, 4) is 0 Å². The van der Waals surface area contributed by atoms with Crippen molar-refractivity contribution in [3.63, 3.8) is 0 Å². The van der Waals surface area contributed by atoms with Gasteiger partial charge in [0.15, 0.2) is 0 Å². The van der Waals surface area contributed by atoms with Gasteiger partial charge in [0.2, 0.25) is 0 Å². The molecular formula is C13H27N3O2S. The van der Waals surface area contributed by atoms with Crippen molar-refractivity contribution in [1.29, 1.82) is 0 Å². The molecule has 0 aliphatic carbocycles. The first kappa shape index (κ1) is 15.2. The predicted molar refractivity (Wildman–Crippen MR) is 77.2 cm³/mol. The van der Waals surface area contributed by atoms with Crippen molar-refractivity contribution in [2.24, 2.45) is 0 Å². The minimum absolute atomic E-state index is 0.531. The van der Waals surface area contributed by atoms with Crippen LogP contribution in [0.4, 0.5) is 0 Å². The van der Waals surface area contributed by atoms with Gasteiger partial charge in [-0.25, -0.2) is 4.72 Å². The second kappa shape index (κ2) is 7.02. The highest BCUT2D eigenvalue weighted by atomic mass is 32.2. The fourth-order valence-electron chi connectivity index (χ4n) is 3.00. The Morgan fingerprint density at radius 3 is 2.42 bits per heavy atom. The molecule has 6 heteroatoms. The summed E-state index contributed by atoms with van der Waals surface area (Å²) in [6, 6.07) is 0.591. The van der Waals surface area contributed by atoms with E-state index < -0.39 is 10.2 Å². The molecule has 5 nitrogen and oxygen atoms in total. The van der Waals surface area contributed by atoms with Crippen LogP contribution in [-0.4, -0.2) is 56.4 Å². The number of hydrogen-bond acceptors (Lipinski definition) is 3. The standard InChI is InChI=1S/C13H27N3O2S/c1-13-7-3-6-9-15(13)12-8-14-19(17,18)16-10-4-2-5-11-16/h13-14H,2-12H2,1H3. The largest absolute Gasteiger partial charge is 0.299 e. The summed E-state index contributed by atoms with van der Waals surface area (Å²) in [6.07, 6.45) is 6.91. The SMILES string of the molecule is CC1CCCCN1CCNS(=O)(=O)N1CCCCC1. The van der Waals surface area contributed by atoms with Crippen molar-refractivity contribution in [1.82, 2.24) is 13.9 Å². The maximum atomic E-state index is 12.1. The molecule has 19 heavy (non-hydrogen) atoms. The molecule has 2 rings (SSSR count). The Morgan fingerprint density at radius 2 is 1.74 bits per heavy atom. The number of rotatable bonds is 5. The molecule has 2 saturated heterocycles. The van der Waals surface area contributed by atoms with E-state index in [1.54, 1.807) is 4.31 Å². The zero-order valence-electron chi connectivity index (χ0n) is 12.0. The highest BCUT2D eigenvalue weighted by Crippen LogP contribution is 2.15. The van der Waals surface area contributed by atoms with Gasteiger partial charge in [-0.3, -0.25) is 4.90 Å². The summed E-state index contributed by atoms with van der Waals surface area (Å²) < 4.78 is 28.6. The first-order valence-corrected chi connectivity index (χ1v) is 9.02. The van der Waals surface area contributed by atoms with E-state index in [0.29, 0.717) is 25.7 Å². The molecule has 1 N–H and O–H groups in total. The third-order valence-electron chi connectivity index (χ3n) is 4.28. The molecule has 0 aromatic rings. The van der Waals surface area contributed by atoms with E-state index in [2.05, 4.69) is 16.5 Å². The number of nitrogens with zero attached hydrogens (tertiary/aromatic N) is 2. The van der Waals surface area contributed by atoms with Crippen LogP contribution in [0.1, 0.15) is 45.4 Å². The third-order valence-corrected chi connectivity index (χ3v) is 5.89. The first-order chi connectivity index (χ1) is 9.09. The molecule has 2 heterocycles. The van der Waals surface area contributed by atoms with Crippen LogP contribution in [0.3, 0.4) is 0 Å². The molecule has 1 atom stereocenters. The number of hydrogen-bond donors (Lipinski definition) is 1. The second-order valence-corrected chi connectivity index (χ2v) is 7.50. The van der Waals surface area contributed by atoms with E-state index in [0.717, 1.165) is 32.4 Å². The fraction of sp³-hybridized carbons (Fsp3) is 1.00. The topological polar surface area (TPSA) is 52.7 Å². The molecule has 0 spiro atoms. The molecule has 0 amide bonds. The van der Waals surface area contributed by atoms with Gasteiger partial charge in [-0.1, -0.05) is 12.8 Å². The van der Waals surface area contributed by atoms with E-state index in [9.17, 15) is 8.42 Å². The van der Waals surface area contributed by atoms with Crippen LogP contribution < -0.4 is 4.72 Å². The van der Waals surface area contributed by atoms with Crippen molar-refractivity contribution < 1.29 is 8.42 Å². The zero-order chi connectivity index (χ0) is 13.7. The quantitative estimate of drug-likeness (QED) is 0.827. The number of piperidine rings is 2. The molecule has 0 radical (unpaired) electrons. The van der Waals surface area contributed by atoms with Crippen LogP contribution in [0.2, 0.25) is 0 Å². The van der Waals surface area contributed by atoms with Crippen molar-refractivity contribution in [2.45, 2.75) is 51.5 Å². The van der Waals surface area contributed by atoms with E-state index in [1.165, 1.54) is 19.3 Å². The molecule has 0 aromatic carbocycles. The molecule has 0 aromatic heterocycles. The summed E-state index contributed by atoms with van der Waals surface area (Å²) in [7, 11) is -3.24. The van der Waals surface area contributed by atoms with Gasteiger partial charge in [-0.2, -0.15) is 12.7 Å². The van der Waals surface area contributed by atoms with Gasteiger partial charge in [0.25, 0.3) is 10.2 Å². The summed E-state index contributed by atoms with van der Waals surface area (Å²) >= 11 is 0. The summed E-state index contributed by atoms with van der Waals surface area (Å²) in [6.45, 7) is 6.05. The Labute approximate surface area is 117 Å². The minimum Gasteiger partial charge on any atom is -0.299 e. The Morgan fingerprint density at radius 1 is 1.05 bits per heavy atom. The molecule has 2 fully saturated rings. The Kier molecular flexibility index (Phi) is 5.62. The molecule has 0 saturated carbocycles. The van der Waals surface area contributed by atoms with E-state index >= 15 is 0 Å². The molecule has 0 bridgehead atoms. The average molecular weight is 289 g/mol. The van der Waals surface area contributed by atoms with Gasteiger partial charge < -0.3 is 0 Å². The van der Waals surface area contributed by atoms with Crippen LogP contribution in [0.25, 0.3) is 0 Å². The Bertz CT molecular complexity index is 366. The molecule has 2 aliphatic heterocycles. The van der Waals surface area contributed by atoms with Gasteiger partial charge in [0.05, 0.1) is 0 Å². The maximum absolute atomic E-state index is 12.1. The highest BCUT2D eigenvalue weighted by Gasteiger charge is 2.24. The predicted octanol–water partition coefficient (Wildman–Crippen LogP) is 1.18. The summed E-state index contributed by atoms with van der Waals surface area (Å²) in [5.74, 6) is 0. The maximum Gasteiger partial charge on any atom is 0.279 e. The lowest BCUT2D eigenvalue weighted by Crippen LogP contribution is -2.47. The lowest BCUT2D eigenvalue weighted by molar-refractivity contribution is 0.164. The first-order valence-electron chi connectivity index (χ1n) is 7.58. The van der Waals surface area contributed by atoms with Crippen LogP contribution >= 0.6 is 0 Å². The average Bonchev–Trinajstić information content (AvgIpc) is 2.42. The second-order valence-electron chi connectivity index (χ2n) is 5.74. The molecule has 2 aliphatic rings. The van der Waals surface area contributed by atoms with E-state index in [-0.39, 0.29) is 0 Å². The number of likely N-dealkylation sites (tertiary alicyclic amines) is 1. The van der Waals surface area contributed by atoms with Crippen LogP contribution in [-0.2, 0) is 10.2 Å². The fourth-order valence-corrected chi connectivity index (χ4v) is 4.28. The molecule has 1 unspecified atom stereocenters. The van der Waals surface area contributed by atoms with Gasteiger partial charge in [0.1, 0.15) is 0 Å². The summed E-state index contributed by atoms with van der Waals surface area (Å²) in [5, 5.41) is 0. The van der Waals surface area contributed by atoms with Gasteiger partial charge in [-0.15, -0.1) is 0 Å².